The van der Waals surface area contributed by atoms with E-state index in [0.29, 0.717) is 12.1 Å². The lowest BCUT2D eigenvalue weighted by atomic mass is 9.98. The van der Waals surface area contributed by atoms with Gasteiger partial charge < -0.3 is 14.5 Å². The Balaban J connectivity index is 1.48. The predicted molar refractivity (Wildman–Crippen MR) is 77.3 cm³/mol. The molecule has 1 fully saturated rings. The Morgan fingerprint density at radius 1 is 1.37 bits per heavy atom. The first-order valence-electron chi connectivity index (χ1n) is 7.72. The van der Waals surface area contributed by atoms with Gasteiger partial charge in [0.05, 0.1) is 19.0 Å². The van der Waals surface area contributed by atoms with Crippen LogP contribution in [0.5, 0.6) is 0 Å². The maximum Gasteiger partial charge on any atom is 0.103 e. The Bertz CT molecular complexity index is 317. The van der Waals surface area contributed by atoms with E-state index < -0.39 is 0 Å². The van der Waals surface area contributed by atoms with Gasteiger partial charge in [-0.15, -0.1) is 0 Å². The van der Waals surface area contributed by atoms with E-state index in [2.05, 4.69) is 12.2 Å². The van der Waals surface area contributed by atoms with Crippen molar-refractivity contribution >= 4 is 0 Å². The molecule has 1 N–H and O–H groups in total. The van der Waals surface area contributed by atoms with Crippen molar-refractivity contribution in [2.75, 3.05) is 13.2 Å². The smallest absolute Gasteiger partial charge is 0.103 e. The zero-order valence-electron chi connectivity index (χ0n) is 12.1. The lowest BCUT2D eigenvalue weighted by Crippen LogP contribution is -2.31. The van der Waals surface area contributed by atoms with Crippen LogP contribution in [-0.2, 0) is 11.2 Å². The van der Waals surface area contributed by atoms with Crippen molar-refractivity contribution in [1.82, 2.24) is 5.32 Å². The highest BCUT2D eigenvalue weighted by Crippen LogP contribution is 2.19. The highest BCUT2D eigenvalue weighted by atomic mass is 16.5. The van der Waals surface area contributed by atoms with Crippen LogP contribution in [0.25, 0.3) is 0 Å². The molecule has 0 radical (unpaired) electrons. The van der Waals surface area contributed by atoms with Crippen molar-refractivity contribution < 1.29 is 9.15 Å². The van der Waals surface area contributed by atoms with Crippen LogP contribution in [-0.4, -0.2) is 25.3 Å². The molecule has 0 amide bonds. The van der Waals surface area contributed by atoms with Crippen LogP contribution < -0.4 is 5.32 Å². The van der Waals surface area contributed by atoms with Gasteiger partial charge in [0.2, 0.25) is 0 Å². The lowest BCUT2D eigenvalue weighted by molar-refractivity contribution is 0.0294. The third-order valence-electron chi connectivity index (χ3n) is 3.90. The van der Waals surface area contributed by atoms with Crippen LogP contribution in [0, 0.1) is 0 Å². The minimum atomic E-state index is 0.514. The van der Waals surface area contributed by atoms with Gasteiger partial charge in [0.15, 0.2) is 0 Å². The lowest BCUT2D eigenvalue weighted by Gasteiger charge is -2.22. The molecule has 1 saturated carbocycles. The van der Waals surface area contributed by atoms with Crippen molar-refractivity contribution in [3.63, 3.8) is 0 Å². The van der Waals surface area contributed by atoms with Crippen molar-refractivity contribution in [2.24, 2.45) is 0 Å². The molecule has 3 heteroatoms. The summed E-state index contributed by atoms with van der Waals surface area (Å²) in [6.07, 6.45) is 11.0. The zero-order valence-corrected chi connectivity index (χ0v) is 12.1. The van der Waals surface area contributed by atoms with E-state index in [1.54, 1.807) is 6.26 Å². The molecule has 1 heterocycles. The molecule has 3 nitrogen and oxygen atoms in total. The molecule has 0 spiro atoms. The summed E-state index contributed by atoms with van der Waals surface area (Å²) in [5, 5.41) is 3.52. The van der Waals surface area contributed by atoms with Gasteiger partial charge in [-0.25, -0.2) is 0 Å². The van der Waals surface area contributed by atoms with E-state index in [4.69, 9.17) is 9.15 Å². The van der Waals surface area contributed by atoms with E-state index in [9.17, 15) is 0 Å². The van der Waals surface area contributed by atoms with Crippen LogP contribution >= 0.6 is 0 Å². The monoisotopic (exact) mass is 265 g/mol. The number of aryl methyl sites for hydroxylation is 1. The van der Waals surface area contributed by atoms with Crippen molar-refractivity contribution in [3.05, 3.63) is 24.2 Å². The molecule has 2 rings (SSSR count). The largest absolute Gasteiger partial charge is 0.469 e. The van der Waals surface area contributed by atoms with E-state index in [1.165, 1.54) is 32.1 Å². The summed E-state index contributed by atoms with van der Waals surface area (Å²) in [7, 11) is 0. The van der Waals surface area contributed by atoms with Crippen LogP contribution in [0.2, 0.25) is 0 Å². The molecule has 0 aliphatic heterocycles. The first-order chi connectivity index (χ1) is 9.34. The molecule has 1 atom stereocenters. The first-order valence-corrected chi connectivity index (χ1v) is 7.72. The molecular formula is C16H27NO2. The molecule has 19 heavy (non-hydrogen) atoms. The fourth-order valence-electron chi connectivity index (χ4n) is 2.68. The Labute approximate surface area is 116 Å². The summed E-state index contributed by atoms with van der Waals surface area (Å²) in [5.41, 5.74) is 0. The second kappa shape index (κ2) is 8.39. The molecule has 1 unspecified atom stereocenters. The van der Waals surface area contributed by atoms with Gasteiger partial charge in [0, 0.05) is 19.0 Å². The van der Waals surface area contributed by atoms with Crippen LogP contribution in [0.3, 0.4) is 0 Å². The minimum absolute atomic E-state index is 0.514. The molecule has 1 aliphatic rings. The second-order valence-electron chi connectivity index (χ2n) is 5.60. The minimum Gasteiger partial charge on any atom is -0.469 e. The maximum absolute atomic E-state index is 5.90. The predicted octanol–water partition coefficient (Wildman–Crippen LogP) is 3.54. The van der Waals surface area contributed by atoms with Crippen molar-refractivity contribution in [2.45, 2.75) is 64.0 Å². The summed E-state index contributed by atoms with van der Waals surface area (Å²) >= 11 is 0. The van der Waals surface area contributed by atoms with Crippen molar-refractivity contribution in [3.8, 4) is 0 Å². The number of ether oxygens (including phenoxy) is 1. The third kappa shape index (κ3) is 5.79. The molecule has 1 aromatic rings. The summed E-state index contributed by atoms with van der Waals surface area (Å²) in [6, 6.07) is 4.50. The zero-order chi connectivity index (χ0) is 13.3. The molecule has 1 aliphatic carbocycles. The number of hydrogen-bond donors (Lipinski definition) is 1. The number of nitrogens with one attached hydrogen (secondary N) is 1. The van der Waals surface area contributed by atoms with Crippen molar-refractivity contribution in [1.29, 1.82) is 0 Å². The second-order valence-corrected chi connectivity index (χ2v) is 5.60. The standard InChI is InChI=1S/C16H27NO2/c1-14(9-10-16-8-5-12-18-16)17-11-13-19-15-6-3-2-4-7-15/h5,8,12,14-15,17H,2-4,6-7,9-11,13H2,1H3. The topological polar surface area (TPSA) is 34.4 Å². The van der Waals surface area contributed by atoms with Gasteiger partial charge in [0.25, 0.3) is 0 Å². The van der Waals surface area contributed by atoms with Gasteiger partial charge in [-0.1, -0.05) is 19.3 Å². The Morgan fingerprint density at radius 2 is 2.21 bits per heavy atom. The number of hydrogen-bond acceptors (Lipinski definition) is 3. The fourth-order valence-corrected chi connectivity index (χ4v) is 2.68. The van der Waals surface area contributed by atoms with Gasteiger partial charge >= 0.3 is 0 Å². The van der Waals surface area contributed by atoms with E-state index in [-0.39, 0.29) is 0 Å². The van der Waals surface area contributed by atoms with E-state index >= 15 is 0 Å². The first kappa shape index (κ1) is 14.6. The van der Waals surface area contributed by atoms with Gasteiger partial charge in [-0.05, 0) is 38.3 Å². The SMILES string of the molecule is CC(CCc1ccco1)NCCOC1CCCCC1. The fraction of sp³-hybridized carbons (Fsp3) is 0.750. The molecule has 0 bridgehead atoms. The molecule has 0 saturated heterocycles. The molecular weight excluding hydrogens is 238 g/mol. The van der Waals surface area contributed by atoms with Crippen LogP contribution in [0.4, 0.5) is 0 Å². The maximum atomic E-state index is 5.90. The summed E-state index contributed by atoms with van der Waals surface area (Å²) in [5.74, 6) is 1.08. The third-order valence-corrected chi connectivity index (χ3v) is 3.90. The Morgan fingerprint density at radius 3 is 2.95 bits per heavy atom. The molecule has 0 aromatic carbocycles. The van der Waals surface area contributed by atoms with Gasteiger partial charge in [-0.2, -0.15) is 0 Å². The van der Waals surface area contributed by atoms with Gasteiger partial charge in [0.1, 0.15) is 5.76 Å². The Kier molecular flexibility index (Phi) is 6.45. The highest BCUT2D eigenvalue weighted by molar-refractivity contribution is 4.98. The van der Waals surface area contributed by atoms with Crippen LogP contribution in [0.1, 0.15) is 51.2 Å². The van der Waals surface area contributed by atoms with E-state index in [0.717, 1.165) is 31.8 Å². The summed E-state index contributed by atoms with van der Waals surface area (Å²) < 4.78 is 11.2. The average molecular weight is 265 g/mol. The molecule has 108 valence electrons. The highest BCUT2D eigenvalue weighted by Gasteiger charge is 2.13. The average Bonchev–Trinajstić information content (AvgIpc) is 2.96. The normalized spacial score (nSPS) is 18.6. The quantitative estimate of drug-likeness (QED) is 0.730. The van der Waals surface area contributed by atoms with Crippen LogP contribution in [0.15, 0.2) is 22.8 Å². The summed E-state index contributed by atoms with van der Waals surface area (Å²) in [4.78, 5) is 0. The Hall–Kier alpha value is -0.800. The molecule has 1 aromatic heterocycles. The van der Waals surface area contributed by atoms with Gasteiger partial charge in [-0.3, -0.25) is 0 Å². The number of rotatable bonds is 8. The number of furan rings is 1. The van der Waals surface area contributed by atoms with E-state index in [1.807, 2.05) is 12.1 Å². The summed E-state index contributed by atoms with van der Waals surface area (Å²) in [6.45, 7) is 4.02.